The van der Waals surface area contributed by atoms with Crippen LogP contribution in [0, 0.1) is 0 Å². The van der Waals surface area contributed by atoms with Crippen molar-refractivity contribution in [1.29, 1.82) is 0 Å². The van der Waals surface area contributed by atoms with Crippen LogP contribution in [0.15, 0.2) is 18.2 Å². The van der Waals surface area contributed by atoms with E-state index in [9.17, 15) is 0 Å². The van der Waals surface area contributed by atoms with E-state index in [0.29, 0.717) is 25.5 Å². The first kappa shape index (κ1) is 15.8. The first-order valence-corrected chi connectivity index (χ1v) is 7.53. The Morgan fingerprint density at radius 2 is 2.05 bits per heavy atom. The molecule has 0 aliphatic rings. The van der Waals surface area contributed by atoms with Crippen molar-refractivity contribution < 1.29 is 14.2 Å². The molecule has 0 aliphatic heterocycles. The van der Waals surface area contributed by atoms with Crippen LogP contribution in [0.3, 0.4) is 0 Å². The van der Waals surface area contributed by atoms with E-state index in [2.05, 4.69) is 4.98 Å². The van der Waals surface area contributed by atoms with Gasteiger partial charge in [-0.15, -0.1) is 11.3 Å². The number of aromatic nitrogens is 1. The second-order valence-corrected chi connectivity index (χ2v) is 5.41. The Kier molecular flexibility index (Phi) is 5.55. The summed E-state index contributed by atoms with van der Waals surface area (Å²) in [4.78, 5) is 5.65. The zero-order chi connectivity index (χ0) is 15.2. The lowest BCUT2D eigenvalue weighted by Crippen LogP contribution is -1.99. The number of nitrogens with zero attached hydrogens (tertiary/aromatic N) is 1. The predicted molar refractivity (Wildman–Crippen MR) is 83.9 cm³/mol. The Hall–Kier alpha value is -1.63. The van der Waals surface area contributed by atoms with E-state index in [4.69, 9.17) is 19.9 Å². The van der Waals surface area contributed by atoms with Gasteiger partial charge in [0.05, 0.1) is 26.0 Å². The van der Waals surface area contributed by atoms with E-state index in [1.54, 1.807) is 25.6 Å². The van der Waals surface area contributed by atoms with Crippen LogP contribution in [0.2, 0.25) is 0 Å². The number of hydrogen-bond acceptors (Lipinski definition) is 6. The van der Waals surface area contributed by atoms with Gasteiger partial charge in [0.15, 0.2) is 11.5 Å². The molecule has 2 aromatic rings. The molecule has 0 bridgehead atoms. The smallest absolute Gasteiger partial charge is 0.161 e. The number of rotatable bonds is 7. The molecule has 1 aromatic heterocycles. The van der Waals surface area contributed by atoms with Crippen LogP contribution in [0.25, 0.3) is 10.6 Å². The molecule has 2 N–H and O–H groups in total. The first-order chi connectivity index (χ1) is 10.2. The Bertz CT molecular complexity index is 599. The van der Waals surface area contributed by atoms with Crippen molar-refractivity contribution in [3.63, 3.8) is 0 Å². The van der Waals surface area contributed by atoms with Gasteiger partial charge >= 0.3 is 0 Å². The molecule has 5 nitrogen and oxygen atoms in total. The summed E-state index contributed by atoms with van der Waals surface area (Å²) >= 11 is 1.58. The van der Waals surface area contributed by atoms with Gasteiger partial charge in [-0.25, -0.2) is 4.98 Å². The molecule has 0 saturated heterocycles. The third kappa shape index (κ3) is 3.53. The summed E-state index contributed by atoms with van der Waals surface area (Å²) in [6.07, 6.45) is 0. The maximum atomic E-state index is 5.76. The van der Waals surface area contributed by atoms with E-state index >= 15 is 0 Å². The van der Waals surface area contributed by atoms with Gasteiger partial charge in [0.1, 0.15) is 5.01 Å². The summed E-state index contributed by atoms with van der Waals surface area (Å²) in [5, 5.41) is 0.906. The van der Waals surface area contributed by atoms with Gasteiger partial charge in [0.2, 0.25) is 0 Å². The number of benzene rings is 1. The molecule has 0 amide bonds. The average Bonchev–Trinajstić information content (AvgIpc) is 2.91. The molecular formula is C15H20N2O3S. The highest BCUT2D eigenvalue weighted by Crippen LogP contribution is 2.35. The van der Waals surface area contributed by atoms with E-state index in [1.807, 2.05) is 25.1 Å². The van der Waals surface area contributed by atoms with Crippen molar-refractivity contribution in [1.82, 2.24) is 4.98 Å². The molecule has 0 atom stereocenters. The van der Waals surface area contributed by atoms with E-state index in [-0.39, 0.29) is 0 Å². The fourth-order valence-electron chi connectivity index (χ4n) is 1.99. The molecule has 21 heavy (non-hydrogen) atoms. The third-order valence-corrected chi connectivity index (χ3v) is 4.12. The number of methoxy groups -OCH3 is 2. The lowest BCUT2D eigenvalue weighted by atomic mass is 10.2. The monoisotopic (exact) mass is 308 g/mol. The first-order valence-electron chi connectivity index (χ1n) is 6.72. The van der Waals surface area contributed by atoms with Gasteiger partial charge in [-0.05, 0) is 25.1 Å². The zero-order valence-corrected chi connectivity index (χ0v) is 13.3. The molecule has 1 heterocycles. The van der Waals surface area contributed by atoms with Crippen LogP contribution in [0.4, 0.5) is 0 Å². The summed E-state index contributed by atoms with van der Waals surface area (Å²) in [7, 11) is 3.28. The quantitative estimate of drug-likeness (QED) is 0.852. The standard InChI is InChI=1S/C15H20N2O3S/c1-4-20-12-6-5-10(7-13(12)19-3)15-17-11(9-18-2)14(8-16)21-15/h5-7H,4,8-9,16H2,1-3H3. The molecule has 0 unspecified atom stereocenters. The van der Waals surface area contributed by atoms with Crippen LogP contribution < -0.4 is 15.2 Å². The lowest BCUT2D eigenvalue weighted by Gasteiger charge is -2.09. The third-order valence-electron chi connectivity index (χ3n) is 2.96. The fourth-order valence-corrected chi connectivity index (χ4v) is 2.93. The Labute approximate surface area is 128 Å². The van der Waals surface area contributed by atoms with Crippen molar-refractivity contribution in [3.8, 4) is 22.1 Å². The molecular weight excluding hydrogens is 288 g/mol. The Morgan fingerprint density at radius 1 is 1.24 bits per heavy atom. The summed E-state index contributed by atoms with van der Waals surface area (Å²) in [6, 6.07) is 5.81. The van der Waals surface area contributed by atoms with Crippen molar-refractivity contribution in [2.24, 2.45) is 5.73 Å². The number of nitrogens with two attached hydrogens (primary N) is 1. The highest BCUT2D eigenvalue weighted by atomic mass is 32.1. The highest BCUT2D eigenvalue weighted by molar-refractivity contribution is 7.15. The second-order valence-electron chi connectivity index (χ2n) is 4.32. The molecule has 0 radical (unpaired) electrons. The molecule has 0 saturated carbocycles. The van der Waals surface area contributed by atoms with Crippen LogP contribution in [-0.2, 0) is 17.9 Å². The summed E-state index contributed by atoms with van der Waals surface area (Å²) in [5.41, 5.74) is 7.64. The van der Waals surface area contributed by atoms with E-state index in [1.165, 1.54) is 0 Å². The number of hydrogen-bond donors (Lipinski definition) is 1. The van der Waals surface area contributed by atoms with Crippen LogP contribution >= 0.6 is 11.3 Å². The molecule has 114 valence electrons. The average molecular weight is 308 g/mol. The largest absolute Gasteiger partial charge is 0.493 e. The minimum Gasteiger partial charge on any atom is -0.493 e. The van der Waals surface area contributed by atoms with Gasteiger partial charge in [-0.2, -0.15) is 0 Å². The highest BCUT2D eigenvalue weighted by Gasteiger charge is 2.13. The van der Waals surface area contributed by atoms with Crippen molar-refractivity contribution in [2.45, 2.75) is 20.1 Å². The van der Waals surface area contributed by atoms with Crippen molar-refractivity contribution in [2.75, 3.05) is 20.8 Å². The van der Waals surface area contributed by atoms with Crippen molar-refractivity contribution >= 4 is 11.3 Å². The molecule has 0 spiro atoms. The van der Waals surface area contributed by atoms with Crippen LogP contribution in [0.1, 0.15) is 17.5 Å². The minimum absolute atomic E-state index is 0.463. The predicted octanol–water partition coefficient (Wildman–Crippen LogP) is 2.82. The minimum atomic E-state index is 0.463. The summed E-state index contributed by atoms with van der Waals surface area (Å²) in [6.45, 7) is 3.47. The summed E-state index contributed by atoms with van der Waals surface area (Å²) < 4.78 is 16.1. The molecule has 0 aliphatic carbocycles. The van der Waals surface area contributed by atoms with Gasteiger partial charge in [-0.1, -0.05) is 0 Å². The summed E-state index contributed by atoms with van der Waals surface area (Å²) in [5.74, 6) is 1.43. The van der Waals surface area contributed by atoms with Gasteiger partial charge in [0.25, 0.3) is 0 Å². The van der Waals surface area contributed by atoms with E-state index in [0.717, 1.165) is 26.9 Å². The van der Waals surface area contributed by atoms with Crippen LogP contribution in [0.5, 0.6) is 11.5 Å². The molecule has 1 aromatic carbocycles. The van der Waals surface area contributed by atoms with Gasteiger partial charge in [0, 0.05) is 24.1 Å². The maximum Gasteiger partial charge on any atom is 0.161 e. The van der Waals surface area contributed by atoms with Crippen molar-refractivity contribution in [3.05, 3.63) is 28.8 Å². The lowest BCUT2D eigenvalue weighted by molar-refractivity contribution is 0.181. The normalized spacial score (nSPS) is 10.7. The van der Waals surface area contributed by atoms with E-state index < -0.39 is 0 Å². The SMILES string of the molecule is CCOc1ccc(-c2nc(COC)c(CN)s2)cc1OC. The van der Waals surface area contributed by atoms with Gasteiger partial charge < -0.3 is 19.9 Å². The van der Waals surface area contributed by atoms with Crippen LogP contribution in [-0.4, -0.2) is 25.8 Å². The molecule has 6 heteroatoms. The Balaban J connectivity index is 2.37. The Morgan fingerprint density at radius 3 is 2.67 bits per heavy atom. The number of thiazole rings is 1. The molecule has 2 rings (SSSR count). The van der Waals surface area contributed by atoms with Gasteiger partial charge in [-0.3, -0.25) is 0 Å². The molecule has 0 fully saturated rings. The fraction of sp³-hybridized carbons (Fsp3) is 0.400. The second kappa shape index (κ2) is 7.40. The maximum absolute atomic E-state index is 5.76. The topological polar surface area (TPSA) is 66.6 Å². The number of ether oxygens (including phenoxy) is 3. The zero-order valence-electron chi connectivity index (χ0n) is 12.5.